The van der Waals surface area contributed by atoms with Gasteiger partial charge in [-0.1, -0.05) is 44.2 Å². The zero-order chi connectivity index (χ0) is 22.3. The zero-order valence-electron chi connectivity index (χ0n) is 17.3. The summed E-state index contributed by atoms with van der Waals surface area (Å²) in [5.74, 6) is -0.883. The molecule has 160 valence electrons. The number of benzene rings is 2. The first-order valence-electron chi connectivity index (χ1n) is 9.51. The third-order valence-corrected chi connectivity index (χ3v) is 4.35. The van der Waals surface area contributed by atoms with Gasteiger partial charge >= 0.3 is 12.6 Å². The van der Waals surface area contributed by atoms with Crippen molar-refractivity contribution in [3.63, 3.8) is 0 Å². The highest BCUT2D eigenvalue weighted by molar-refractivity contribution is 5.97. The van der Waals surface area contributed by atoms with E-state index in [1.165, 1.54) is 43.3 Å². The molecular weight excluding hydrogens is 392 g/mol. The number of alkyl halides is 2. The maximum absolute atomic E-state index is 12.5. The summed E-state index contributed by atoms with van der Waals surface area (Å²) in [4.78, 5) is 24.5. The Hall–Kier alpha value is -3.22. The van der Waals surface area contributed by atoms with Crippen LogP contribution in [0.2, 0.25) is 0 Å². The van der Waals surface area contributed by atoms with Crippen molar-refractivity contribution in [2.24, 2.45) is 0 Å². The van der Waals surface area contributed by atoms with E-state index in [0.717, 1.165) is 16.8 Å². The number of carbonyl (C=O) groups excluding carboxylic acids is 2. The van der Waals surface area contributed by atoms with Crippen LogP contribution < -0.4 is 10.1 Å². The molecule has 2 aromatic carbocycles. The van der Waals surface area contributed by atoms with E-state index in [-0.39, 0.29) is 11.7 Å². The predicted octanol–water partition coefficient (Wildman–Crippen LogP) is 5.30. The van der Waals surface area contributed by atoms with E-state index < -0.39 is 24.6 Å². The molecule has 5 nitrogen and oxygen atoms in total. The monoisotopic (exact) mass is 417 g/mol. The molecule has 0 aliphatic rings. The Morgan fingerprint density at radius 1 is 1.03 bits per heavy atom. The summed E-state index contributed by atoms with van der Waals surface area (Å²) in [7, 11) is 0. The molecule has 0 saturated heterocycles. The number of carbonyl (C=O) groups is 2. The van der Waals surface area contributed by atoms with Gasteiger partial charge in [0.15, 0.2) is 6.10 Å². The van der Waals surface area contributed by atoms with Gasteiger partial charge in [-0.25, -0.2) is 4.79 Å². The highest BCUT2D eigenvalue weighted by Crippen LogP contribution is 2.27. The number of anilines is 1. The minimum atomic E-state index is -2.90. The normalized spacial score (nSPS) is 12.3. The fourth-order valence-electron chi connectivity index (χ4n) is 2.76. The molecule has 0 aliphatic heterocycles. The van der Waals surface area contributed by atoms with E-state index in [2.05, 4.69) is 10.1 Å². The second kappa shape index (κ2) is 10.5. The first-order chi connectivity index (χ1) is 14.2. The minimum Gasteiger partial charge on any atom is -0.449 e. The molecule has 1 amide bonds. The van der Waals surface area contributed by atoms with Crippen LogP contribution in [0.5, 0.6) is 5.75 Å². The maximum Gasteiger partial charge on any atom is 0.387 e. The Morgan fingerprint density at radius 3 is 2.30 bits per heavy atom. The van der Waals surface area contributed by atoms with Crippen LogP contribution in [0.4, 0.5) is 14.5 Å². The van der Waals surface area contributed by atoms with Gasteiger partial charge in [0.1, 0.15) is 5.75 Å². The number of aryl methyl sites for hydroxylation is 1. The second-order valence-electron chi connectivity index (χ2n) is 7.04. The number of nitrogens with one attached hydrogen (secondary N) is 1. The van der Waals surface area contributed by atoms with Crippen LogP contribution in [-0.2, 0) is 14.3 Å². The van der Waals surface area contributed by atoms with Crippen molar-refractivity contribution in [2.75, 3.05) is 5.32 Å². The van der Waals surface area contributed by atoms with Crippen LogP contribution in [0, 0.1) is 6.92 Å². The number of halogens is 2. The van der Waals surface area contributed by atoms with E-state index >= 15 is 0 Å². The summed E-state index contributed by atoms with van der Waals surface area (Å²) in [6.45, 7) is 4.56. The van der Waals surface area contributed by atoms with Gasteiger partial charge in [-0.15, -0.1) is 0 Å². The lowest BCUT2D eigenvalue weighted by atomic mass is 9.98. The number of rotatable bonds is 8. The number of hydrogen-bond acceptors (Lipinski definition) is 4. The van der Waals surface area contributed by atoms with Gasteiger partial charge in [0.2, 0.25) is 0 Å². The van der Waals surface area contributed by atoms with E-state index in [1.807, 2.05) is 39.0 Å². The fourth-order valence-corrected chi connectivity index (χ4v) is 2.76. The molecule has 0 spiro atoms. The molecule has 0 saturated carbocycles. The first kappa shape index (κ1) is 23.1. The number of para-hydroxylation sites is 1. The Labute approximate surface area is 174 Å². The lowest BCUT2D eigenvalue weighted by molar-refractivity contribution is -0.148. The molecule has 0 heterocycles. The van der Waals surface area contributed by atoms with Crippen LogP contribution in [-0.4, -0.2) is 24.6 Å². The molecule has 0 aromatic heterocycles. The van der Waals surface area contributed by atoms with Gasteiger partial charge in [-0.3, -0.25) is 4.79 Å². The predicted molar refractivity (Wildman–Crippen MR) is 112 cm³/mol. The number of esters is 1. The summed E-state index contributed by atoms with van der Waals surface area (Å²) in [6.07, 6.45) is 1.63. The second-order valence-corrected chi connectivity index (χ2v) is 7.04. The Morgan fingerprint density at radius 2 is 1.70 bits per heavy atom. The van der Waals surface area contributed by atoms with Crippen LogP contribution in [0.3, 0.4) is 0 Å². The average molecular weight is 417 g/mol. The van der Waals surface area contributed by atoms with Gasteiger partial charge in [0.05, 0.1) is 0 Å². The van der Waals surface area contributed by atoms with Crippen LogP contribution in [0.1, 0.15) is 43.4 Å². The van der Waals surface area contributed by atoms with Crippen molar-refractivity contribution in [2.45, 2.75) is 46.3 Å². The Balaban J connectivity index is 1.95. The maximum atomic E-state index is 12.5. The molecule has 1 atom stereocenters. The summed E-state index contributed by atoms with van der Waals surface area (Å²) in [6, 6.07) is 11.5. The molecule has 0 fully saturated rings. The molecule has 30 heavy (non-hydrogen) atoms. The largest absolute Gasteiger partial charge is 0.449 e. The molecule has 0 bridgehead atoms. The first-order valence-corrected chi connectivity index (χ1v) is 9.51. The van der Waals surface area contributed by atoms with Crippen LogP contribution in [0.15, 0.2) is 48.5 Å². The lowest BCUT2D eigenvalue weighted by Crippen LogP contribution is -2.30. The van der Waals surface area contributed by atoms with Crippen LogP contribution in [0.25, 0.3) is 6.08 Å². The molecule has 1 N–H and O–H groups in total. The summed E-state index contributed by atoms with van der Waals surface area (Å²) >= 11 is 0. The fraction of sp³-hybridized carbons (Fsp3) is 0.304. The number of ether oxygens (including phenoxy) is 2. The average Bonchev–Trinajstić information content (AvgIpc) is 2.68. The summed E-state index contributed by atoms with van der Waals surface area (Å²) < 4.78 is 33.7. The third kappa shape index (κ3) is 6.69. The minimum absolute atomic E-state index is 0.0204. The van der Waals surface area contributed by atoms with Gasteiger partial charge in [-0.2, -0.15) is 8.78 Å². The van der Waals surface area contributed by atoms with Gasteiger partial charge in [0, 0.05) is 11.8 Å². The van der Waals surface area contributed by atoms with Gasteiger partial charge < -0.3 is 14.8 Å². The van der Waals surface area contributed by atoms with Crippen molar-refractivity contribution in [3.05, 3.63) is 65.2 Å². The van der Waals surface area contributed by atoms with Crippen molar-refractivity contribution in [1.82, 2.24) is 0 Å². The number of amides is 1. The van der Waals surface area contributed by atoms with Crippen molar-refractivity contribution in [1.29, 1.82) is 0 Å². The highest BCUT2D eigenvalue weighted by atomic mass is 19.3. The summed E-state index contributed by atoms with van der Waals surface area (Å²) in [5, 5.41) is 2.85. The molecule has 7 heteroatoms. The topological polar surface area (TPSA) is 64.6 Å². The molecule has 0 aliphatic carbocycles. The molecule has 0 unspecified atom stereocenters. The molecule has 0 radical (unpaired) electrons. The van der Waals surface area contributed by atoms with Gasteiger partial charge in [-0.05, 0) is 54.7 Å². The molecular formula is C23H25F2NO4. The highest BCUT2D eigenvalue weighted by Gasteiger charge is 2.19. The van der Waals surface area contributed by atoms with Crippen LogP contribution >= 0.6 is 0 Å². The lowest BCUT2D eigenvalue weighted by Gasteiger charge is -2.18. The molecule has 2 aromatic rings. The van der Waals surface area contributed by atoms with E-state index in [4.69, 9.17) is 4.74 Å². The van der Waals surface area contributed by atoms with Crippen molar-refractivity contribution >= 4 is 23.6 Å². The Kier molecular flexibility index (Phi) is 8.09. The van der Waals surface area contributed by atoms with Crippen molar-refractivity contribution < 1.29 is 27.8 Å². The standard InChI is InChI=1S/C23H25F2NO4/c1-14(2)19-7-5-6-15(3)21(19)26-22(28)16(4)29-20(27)13-10-17-8-11-18(12-9-17)30-23(24)25/h5-14,16,23H,1-4H3,(H,26,28)/b13-10+/t16-/m1/s1. The Bertz CT molecular complexity index is 908. The number of hydrogen-bond donors (Lipinski definition) is 1. The zero-order valence-corrected chi connectivity index (χ0v) is 17.3. The smallest absolute Gasteiger partial charge is 0.387 e. The van der Waals surface area contributed by atoms with E-state index in [9.17, 15) is 18.4 Å². The van der Waals surface area contributed by atoms with E-state index in [0.29, 0.717) is 5.56 Å². The van der Waals surface area contributed by atoms with E-state index in [1.54, 1.807) is 0 Å². The summed E-state index contributed by atoms with van der Waals surface area (Å²) in [5.41, 5.74) is 3.24. The SMILES string of the molecule is Cc1cccc(C(C)C)c1NC(=O)[C@@H](C)OC(=O)/C=C/c1ccc(OC(F)F)cc1. The quantitative estimate of drug-likeness (QED) is 0.467. The van der Waals surface area contributed by atoms with Crippen molar-refractivity contribution in [3.8, 4) is 5.75 Å². The van der Waals surface area contributed by atoms with Gasteiger partial charge in [0.25, 0.3) is 5.91 Å². The molecule has 2 rings (SSSR count). The third-order valence-electron chi connectivity index (χ3n) is 4.35.